The minimum atomic E-state index is -0.253. The van der Waals surface area contributed by atoms with E-state index in [4.69, 9.17) is 0 Å². The zero-order chi connectivity index (χ0) is 18.4. The van der Waals surface area contributed by atoms with Crippen LogP contribution in [0.1, 0.15) is 29.8 Å². The quantitative estimate of drug-likeness (QED) is 0.725. The summed E-state index contributed by atoms with van der Waals surface area (Å²) >= 11 is 0. The summed E-state index contributed by atoms with van der Waals surface area (Å²) in [6.07, 6.45) is 1.22. The molecule has 2 rings (SSSR count). The molecule has 1 amide bonds. The fraction of sp³-hybridized carbons (Fsp3) is 0.421. The highest BCUT2D eigenvalue weighted by Gasteiger charge is 2.18. The fourth-order valence-electron chi connectivity index (χ4n) is 2.72. The first kappa shape index (κ1) is 18.7. The summed E-state index contributed by atoms with van der Waals surface area (Å²) in [4.78, 5) is 25.3. The second-order valence-electron chi connectivity index (χ2n) is 6.07. The number of ether oxygens (including phenoxy) is 1. The van der Waals surface area contributed by atoms with Crippen molar-refractivity contribution in [3.05, 3.63) is 47.3 Å². The molecule has 0 fully saturated rings. The lowest BCUT2D eigenvalue weighted by atomic mass is 10.1. The maximum absolute atomic E-state index is 12.5. The molecule has 0 unspecified atom stereocenters. The average Bonchev–Trinajstić information content (AvgIpc) is 2.90. The number of carbonyl (C=O) groups excluding carboxylic acids is 2. The Morgan fingerprint density at radius 1 is 1.20 bits per heavy atom. The highest BCUT2D eigenvalue weighted by atomic mass is 16.5. The molecular formula is C19H25N3O3. The lowest BCUT2D eigenvalue weighted by Gasteiger charge is -2.17. The van der Waals surface area contributed by atoms with Crippen molar-refractivity contribution in [2.45, 2.75) is 33.1 Å². The van der Waals surface area contributed by atoms with E-state index in [0.717, 1.165) is 22.6 Å². The first-order valence-corrected chi connectivity index (χ1v) is 8.35. The number of hydrogen-bond acceptors (Lipinski definition) is 4. The number of aromatic nitrogens is 2. The second kappa shape index (κ2) is 8.46. The second-order valence-corrected chi connectivity index (χ2v) is 6.07. The summed E-state index contributed by atoms with van der Waals surface area (Å²) < 4.78 is 6.48. The van der Waals surface area contributed by atoms with Gasteiger partial charge < -0.3 is 9.64 Å². The van der Waals surface area contributed by atoms with E-state index in [1.165, 1.54) is 7.11 Å². The number of likely N-dealkylation sites (N-methyl/N-ethyl adjacent to an activating group) is 1. The topological polar surface area (TPSA) is 64.4 Å². The Balaban J connectivity index is 2.03. The number of benzene rings is 1. The maximum Gasteiger partial charge on any atom is 0.305 e. The third-order valence-electron chi connectivity index (χ3n) is 4.30. The van der Waals surface area contributed by atoms with E-state index in [1.807, 2.05) is 48.9 Å². The van der Waals surface area contributed by atoms with E-state index < -0.39 is 0 Å². The summed E-state index contributed by atoms with van der Waals surface area (Å²) in [5.41, 5.74) is 3.76. The van der Waals surface area contributed by atoms with Gasteiger partial charge in [-0.25, -0.2) is 4.68 Å². The van der Waals surface area contributed by atoms with Gasteiger partial charge >= 0.3 is 5.97 Å². The molecule has 0 aliphatic heterocycles. The first-order valence-electron chi connectivity index (χ1n) is 8.35. The number of rotatable bonds is 7. The van der Waals surface area contributed by atoms with Crippen LogP contribution in [0.25, 0.3) is 5.69 Å². The van der Waals surface area contributed by atoms with Crippen LogP contribution in [0.5, 0.6) is 0 Å². The predicted molar refractivity (Wildman–Crippen MR) is 95.6 cm³/mol. The van der Waals surface area contributed by atoms with E-state index in [9.17, 15) is 9.59 Å². The van der Waals surface area contributed by atoms with Crippen molar-refractivity contribution < 1.29 is 14.3 Å². The molecule has 1 aromatic heterocycles. The van der Waals surface area contributed by atoms with E-state index in [2.05, 4.69) is 9.84 Å². The Morgan fingerprint density at radius 3 is 2.52 bits per heavy atom. The van der Waals surface area contributed by atoms with Crippen molar-refractivity contribution in [1.29, 1.82) is 0 Å². The molecule has 2 aromatic rings. The molecular weight excluding hydrogens is 318 g/mol. The third-order valence-corrected chi connectivity index (χ3v) is 4.30. The molecule has 0 atom stereocenters. The molecule has 6 nitrogen and oxygen atoms in total. The van der Waals surface area contributed by atoms with Crippen LogP contribution in [0.2, 0.25) is 0 Å². The number of methoxy groups -OCH3 is 1. The molecule has 0 aliphatic carbocycles. The number of hydrogen-bond donors (Lipinski definition) is 0. The van der Waals surface area contributed by atoms with Crippen LogP contribution < -0.4 is 0 Å². The van der Waals surface area contributed by atoms with Crippen LogP contribution in [-0.4, -0.2) is 47.3 Å². The SMILES string of the molecule is COC(=O)CCCN(C)C(=O)Cc1c(C)nn(-c2ccccc2)c1C. The van der Waals surface area contributed by atoms with E-state index in [1.54, 1.807) is 11.9 Å². The molecule has 0 saturated carbocycles. The smallest absolute Gasteiger partial charge is 0.305 e. The third kappa shape index (κ3) is 4.68. The van der Waals surface area contributed by atoms with Crippen molar-refractivity contribution in [1.82, 2.24) is 14.7 Å². The highest BCUT2D eigenvalue weighted by Crippen LogP contribution is 2.19. The molecule has 0 bridgehead atoms. The number of amides is 1. The van der Waals surface area contributed by atoms with Crippen molar-refractivity contribution in [2.24, 2.45) is 0 Å². The molecule has 25 heavy (non-hydrogen) atoms. The first-order chi connectivity index (χ1) is 11.9. The predicted octanol–water partition coefficient (Wildman–Crippen LogP) is 2.44. The Morgan fingerprint density at radius 2 is 1.88 bits per heavy atom. The lowest BCUT2D eigenvalue weighted by Crippen LogP contribution is -2.29. The summed E-state index contributed by atoms with van der Waals surface area (Å²) in [5, 5.41) is 4.57. The molecule has 1 heterocycles. The fourth-order valence-corrected chi connectivity index (χ4v) is 2.72. The van der Waals surface area contributed by atoms with Gasteiger partial charge in [-0.3, -0.25) is 9.59 Å². The molecule has 0 saturated heterocycles. The van der Waals surface area contributed by atoms with Gasteiger partial charge in [0.2, 0.25) is 5.91 Å². The molecule has 0 spiro atoms. The lowest BCUT2D eigenvalue weighted by molar-refractivity contribution is -0.141. The van der Waals surface area contributed by atoms with Crippen LogP contribution >= 0.6 is 0 Å². The van der Waals surface area contributed by atoms with Gasteiger partial charge in [0, 0.05) is 31.3 Å². The maximum atomic E-state index is 12.5. The van der Waals surface area contributed by atoms with E-state index in [0.29, 0.717) is 25.8 Å². The highest BCUT2D eigenvalue weighted by molar-refractivity contribution is 5.79. The summed E-state index contributed by atoms with van der Waals surface area (Å²) in [7, 11) is 3.12. The number of nitrogens with zero attached hydrogens (tertiary/aromatic N) is 3. The van der Waals surface area contributed by atoms with Crippen LogP contribution in [0, 0.1) is 13.8 Å². The molecule has 0 N–H and O–H groups in total. The van der Waals surface area contributed by atoms with Gasteiger partial charge in [0.05, 0.1) is 24.9 Å². The van der Waals surface area contributed by atoms with Crippen molar-refractivity contribution >= 4 is 11.9 Å². The zero-order valence-electron chi connectivity index (χ0n) is 15.3. The zero-order valence-corrected chi connectivity index (χ0v) is 15.3. The molecule has 134 valence electrons. The number of carbonyl (C=O) groups is 2. The normalized spacial score (nSPS) is 10.6. The Labute approximate surface area is 148 Å². The van der Waals surface area contributed by atoms with Gasteiger partial charge in [0.15, 0.2) is 0 Å². The van der Waals surface area contributed by atoms with Crippen molar-refractivity contribution in [3.8, 4) is 5.69 Å². The number of para-hydroxylation sites is 1. The summed E-state index contributed by atoms with van der Waals surface area (Å²) in [5.74, 6) is -0.236. The molecule has 0 radical (unpaired) electrons. The largest absolute Gasteiger partial charge is 0.469 e. The van der Waals surface area contributed by atoms with E-state index in [-0.39, 0.29) is 11.9 Å². The van der Waals surface area contributed by atoms with E-state index >= 15 is 0 Å². The number of aryl methyl sites for hydroxylation is 1. The Kier molecular flexibility index (Phi) is 6.33. The monoisotopic (exact) mass is 343 g/mol. The van der Waals surface area contributed by atoms with Gasteiger partial charge in [0.1, 0.15) is 0 Å². The Bertz CT molecular complexity index is 738. The van der Waals surface area contributed by atoms with Crippen molar-refractivity contribution in [2.75, 3.05) is 20.7 Å². The molecule has 6 heteroatoms. The van der Waals surface area contributed by atoms with Gasteiger partial charge in [0.25, 0.3) is 0 Å². The standard InChI is InChI=1S/C19H25N3O3/c1-14-17(13-18(23)21(3)12-8-11-19(24)25-4)15(2)22(20-14)16-9-6-5-7-10-16/h5-7,9-10H,8,11-13H2,1-4H3. The minimum absolute atomic E-state index is 0.0173. The van der Waals surface area contributed by atoms with Gasteiger partial charge in [-0.05, 0) is 32.4 Å². The summed E-state index contributed by atoms with van der Waals surface area (Å²) in [6, 6.07) is 9.87. The number of esters is 1. The van der Waals surface area contributed by atoms with Gasteiger partial charge in [-0.1, -0.05) is 18.2 Å². The summed E-state index contributed by atoms with van der Waals surface area (Å²) in [6.45, 7) is 4.43. The Hall–Kier alpha value is -2.63. The van der Waals surface area contributed by atoms with Crippen molar-refractivity contribution in [3.63, 3.8) is 0 Å². The van der Waals surface area contributed by atoms with Crippen LogP contribution in [-0.2, 0) is 20.7 Å². The van der Waals surface area contributed by atoms with Crippen LogP contribution in [0.4, 0.5) is 0 Å². The van der Waals surface area contributed by atoms with Crippen LogP contribution in [0.3, 0.4) is 0 Å². The average molecular weight is 343 g/mol. The van der Waals surface area contributed by atoms with Crippen LogP contribution in [0.15, 0.2) is 30.3 Å². The minimum Gasteiger partial charge on any atom is -0.469 e. The molecule has 1 aromatic carbocycles. The van der Waals surface area contributed by atoms with Gasteiger partial charge in [-0.2, -0.15) is 5.10 Å². The van der Waals surface area contributed by atoms with Gasteiger partial charge in [-0.15, -0.1) is 0 Å². The molecule has 0 aliphatic rings.